The zero-order chi connectivity index (χ0) is 19.6. The van der Waals surface area contributed by atoms with E-state index in [1.807, 2.05) is 13.8 Å². The molecule has 0 atom stereocenters. The number of fused-ring (bicyclic) bond motifs is 1. The first-order valence-corrected chi connectivity index (χ1v) is 8.32. The Morgan fingerprint density at radius 3 is 2.48 bits per heavy atom. The summed E-state index contributed by atoms with van der Waals surface area (Å²) in [6, 6.07) is 8.97. The summed E-state index contributed by atoms with van der Waals surface area (Å²) >= 11 is 0. The molecule has 3 rings (SSSR count). The summed E-state index contributed by atoms with van der Waals surface area (Å²) in [5, 5.41) is 2.70. The minimum absolute atomic E-state index is 0.0394. The number of hydrogen-bond donors (Lipinski definition) is 1. The second-order valence-electron chi connectivity index (χ2n) is 6.29. The van der Waals surface area contributed by atoms with Crippen molar-refractivity contribution in [3.63, 3.8) is 0 Å². The SMILES string of the molecule is CC(C)Oc1ccc(C(=O)NCc2cn3cc(C(F)(F)F)ccc3n2)cc1. The molecule has 0 saturated heterocycles. The standard InChI is InChI=1S/C19H18F3N3O2/c1-12(2)27-16-6-3-13(4-7-16)18(26)23-9-15-11-25-10-14(19(20,21)22)5-8-17(25)24-15/h3-8,10-12H,9H2,1-2H3,(H,23,26). The Balaban J connectivity index is 1.66. The quantitative estimate of drug-likeness (QED) is 0.729. The van der Waals surface area contributed by atoms with Gasteiger partial charge in [0.25, 0.3) is 5.91 Å². The van der Waals surface area contributed by atoms with Crippen molar-refractivity contribution in [1.29, 1.82) is 0 Å². The third kappa shape index (κ3) is 4.58. The van der Waals surface area contributed by atoms with Gasteiger partial charge < -0.3 is 14.5 Å². The number of alkyl halides is 3. The molecule has 0 aliphatic carbocycles. The molecule has 3 aromatic rings. The molecule has 0 aliphatic heterocycles. The Morgan fingerprint density at radius 1 is 1.15 bits per heavy atom. The van der Waals surface area contributed by atoms with Crippen LogP contribution in [0.15, 0.2) is 48.8 Å². The molecule has 0 bridgehead atoms. The predicted octanol–water partition coefficient (Wildman–Crippen LogP) is 4.07. The highest BCUT2D eigenvalue weighted by atomic mass is 19.4. The number of amides is 1. The van der Waals surface area contributed by atoms with Crippen molar-refractivity contribution in [2.75, 3.05) is 0 Å². The molecule has 1 amide bonds. The molecule has 0 saturated carbocycles. The highest BCUT2D eigenvalue weighted by Crippen LogP contribution is 2.29. The summed E-state index contributed by atoms with van der Waals surface area (Å²) in [7, 11) is 0. The third-order valence-electron chi connectivity index (χ3n) is 3.75. The zero-order valence-electron chi connectivity index (χ0n) is 14.7. The van der Waals surface area contributed by atoms with Crippen molar-refractivity contribution in [2.24, 2.45) is 0 Å². The summed E-state index contributed by atoms with van der Waals surface area (Å²) < 4.78 is 45.1. The van der Waals surface area contributed by atoms with Crippen LogP contribution in [0.2, 0.25) is 0 Å². The predicted molar refractivity (Wildman–Crippen MR) is 93.6 cm³/mol. The van der Waals surface area contributed by atoms with Crippen LogP contribution in [0.3, 0.4) is 0 Å². The number of nitrogens with one attached hydrogen (secondary N) is 1. The van der Waals surface area contributed by atoms with Gasteiger partial charge in [0, 0.05) is 18.0 Å². The minimum atomic E-state index is -4.42. The second kappa shape index (κ2) is 7.30. The lowest BCUT2D eigenvalue weighted by molar-refractivity contribution is -0.137. The van der Waals surface area contributed by atoms with E-state index in [2.05, 4.69) is 10.3 Å². The van der Waals surface area contributed by atoms with Gasteiger partial charge in [-0.3, -0.25) is 4.79 Å². The van der Waals surface area contributed by atoms with Crippen LogP contribution >= 0.6 is 0 Å². The molecule has 0 unspecified atom stereocenters. The van der Waals surface area contributed by atoms with E-state index < -0.39 is 11.7 Å². The van der Waals surface area contributed by atoms with E-state index in [-0.39, 0.29) is 18.6 Å². The molecule has 0 spiro atoms. The number of halogens is 3. The number of nitrogens with zero attached hydrogens (tertiary/aromatic N) is 2. The van der Waals surface area contributed by atoms with Gasteiger partial charge in [0.05, 0.1) is 23.9 Å². The molecule has 5 nitrogen and oxygen atoms in total. The number of pyridine rings is 1. The van der Waals surface area contributed by atoms with Crippen LogP contribution in [0.5, 0.6) is 5.75 Å². The van der Waals surface area contributed by atoms with Gasteiger partial charge >= 0.3 is 6.18 Å². The highest BCUT2D eigenvalue weighted by Gasteiger charge is 2.30. The average Bonchev–Trinajstić information content (AvgIpc) is 3.01. The van der Waals surface area contributed by atoms with Crippen LogP contribution in [0.1, 0.15) is 35.5 Å². The van der Waals surface area contributed by atoms with E-state index in [0.717, 1.165) is 12.3 Å². The van der Waals surface area contributed by atoms with Gasteiger partial charge in [0.15, 0.2) is 0 Å². The van der Waals surface area contributed by atoms with Crippen molar-refractivity contribution >= 4 is 11.6 Å². The highest BCUT2D eigenvalue weighted by molar-refractivity contribution is 5.94. The lowest BCUT2D eigenvalue weighted by Crippen LogP contribution is -2.22. The Morgan fingerprint density at radius 2 is 1.85 bits per heavy atom. The maximum absolute atomic E-state index is 12.8. The molecular formula is C19H18F3N3O2. The Bertz CT molecular complexity index is 947. The molecule has 2 aromatic heterocycles. The number of imidazole rings is 1. The second-order valence-corrected chi connectivity index (χ2v) is 6.29. The first-order chi connectivity index (χ1) is 12.7. The fourth-order valence-corrected chi connectivity index (χ4v) is 2.53. The molecular weight excluding hydrogens is 359 g/mol. The lowest BCUT2D eigenvalue weighted by atomic mass is 10.2. The monoisotopic (exact) mass is 377 g/mol. The summed E-state index contributed by atoms with van der Waals surface area (Å²) in [6.07, 6.45) is -1.94. The number of hydrogen-bond acceptors (Lipinski definition) is 3. The number of aromatic nitrogens is 2. The molecule has 142 valence electrons. The smallest absolute Gasteiger partial charge is 0.417 e. The fraction of sp³-hybridized carbons (Fsp3) is 0.263. The van der Waals surface area contributed by atoms with Gasteiger partial charge in [-0.25, -0.2) is 4.98 Å². The summed E-state index contributed by atoms with van der Waals surface area (Å²) in [5.41, 5.74) is 0.533. The van der Waals surface area contributed by atoms with Gasteiger partial charge in [0.1, 0.15) is 11.4 Å². The average molecular weight is 377 g/mol. The molecule has 0 radical (unpaired) electrons. The maximum Gasteiger partial charge on any atom is 0.417 e. The van der Waals surface area contributed by atoms with E-state index >= 15 is 0 Å². The molecule has 0 aliphatic rings. The van der Waals surface area contributed by atoms with Gasteiger partial charge in [0.2, 0.25) is 0 Å². The van der Waals surface area contributed by atoms with Gasteiger partial charge in [-0.2, -0.15) is 13.2 Å². The number of rotatable bonds is 5. The maximum atomic E-state index is 12.8. The van der Waals surface area contributed by atoms with E-state index in [4.69, 9.17) is 4.74 Å². The van der Waals surface area contributed by atoms with E-state index in [1.54, 1.807) is 24.3 Å². The lowest BCUT2D eigenvalue weighted by Gasteiger charge is -2.10. The molecule has 8 heteroatoms. The fourth-order valence-electron chi connectivity index (χ4n) is 2.53. The van der Waals surface area contributed by atoms with E-state index in [1.165, 1.54) is 16.7 Å². The van der Waals surface area contributed by atoms with Gasteiger partial charge in [-0.15, -0.1) is 0 Å². The Kier molecular flexibility index (Phi) is 5.07. The third-order valence-corrected chi connectivity index (χ3v) is 3.75. The van der Waals surface area contributed by atoms with E-state index in [9.17, 15) is 18.0 Å². The van der Waals surface area contributed by atoms with Crippen LogP contribution in [-0.4, -0.2) is 21.4 Å². The molecule has 2 heterocycles. The van der Waals surface area contributed by atoms with Crippen LogP contribution in [0.4, 0.5) is 13.2 Å². The van der Waals surface area contributed by atoms with Crippen molar-refractivity contribution < 1.29 is 22.7 Å². The topological polar surface area (TPSA) is 55.6 Å². The van der Waals surface area contributed by atoms with Crippen molar-refractivity contribution in [2.45, 2.75) is 32.7 Å². The first kappa shape index (κ1) is 18.8. The normalized spacial score (nSPS) is 11.8. The Labute approximate surface area is 153 Å². The largest absolute Gasteiger partial charge is 0.491 e. The van der Waals surface area contributed by atoms with Crippen molar-refractivity contribution in [3.8, 4) is 5.75 Å². The molecule has 0 fully saturated rings. The van der Waals surface area contributed by atoms with Crippen LogP contribution in [-0.2, 0) is 12.7 Å². The van der Waals surface area contributed by atoms with E-state index in [0.29, 0.717) is 22.7 Å². The zero-order valence-corrected chi connectivity index (χ0v) is 14.7. The van der Waals surface area contributed by atoms with Gasteiger partial charge in [-0.1, -0.05) is 0 Å². The van der Waals surface area contributed by atoms with Crippen LogP contribution < -0.4 is 10.1 Å². The summed E-state index contributed by atoms with van der Waals surface area (Å²) in [4.78, 5) is 16.4. The Hall–Kier alpha value is -3.03. The van der Waals surface area contributed by atoms with Crippen molar-refractivity contribution in [3.05, 3.63) is 65.6 Å². The molecule has 1 N–H and O–H groups in total. The van der Waals surface area contributed by atoms with Gasteiger partial charge in [-0.05, 0) is 50.2 Å². The first-order valence-electron chi connectivity index (χ1n) is 8.32. The number of benzene rings is 1. The molecule has 1 aromatic carbocycles. The summed E-state index contributed by atoms with van der Waals surface area (Å²) in [5.74, 6) is 0.363. The molecule has 27 heavy (non-hydrogen) atoms. The van der Waals surface area contributed by atoms with Crippen LogP contribution in [0, 0.1) is 0 Å². The number of carbonyl (C=O) groups is 1. The summed E-state index contributed by atoms with van der Waals surface area (Å²) in [6.45, 7) is 3.92. The minimum Gasteiger partial charge on any atom is -0.491 e. The van der Waals surface area contributed by atoms with Crippen LogP contribution in [0.25, 0.3) is 5.65 Å². The van der Waals surface area contributed by atoms with Crippen molar-refractivity contribution in [1.82, 2.24) is 14.7 Å². The number of ether oxygens (including phenoxy) is 1. The number of carbonyl (C=O) groups excluding carboxylic acids is 1.